The number of hydrogen-bond acceptors (Lipinski definition) is 2. The Morgan fingerprint density at radius 3 is 2.09 bits per heavy atom. The number of hydrogen-bond donors (Lipinski definition) is 0. The van der Waals surface area contributed by atoms with Crippen LogP contribution in [0.25, 0.3) is 0 Å². The molecule has 0 bridgehead atoms. The summed E-state index contributed by atoms with van der Waals surface area (Å²) >= 11 is 0. The number of aromatic nitrogens is 2. The highest BCUT2D eigenvalue weighted by atomic mass is 19.4. The predicted molar refractivity (Wildman–Crippen MR) is 130 cm³/mol. The molecule has 0 fully saturated rings. The van der Waals surface area contributed by atoms with E-state index in [1.54, 1.807) is 6.20 Å². The lowest BCUT2D eigenvalue weighted by Crippen LogP contribution is -2.41. The van der Waals surface area contributed by atoms with Crippen LogP contribution in [0.1, 0.15) is 26.7 Å². The number of aryl methyl sites for hydroxylation is 1. The summed E-state index contributed by atoms with van der Waals surface area (Å²) in [7, 11) is 0. The fraction of sp³-hybridized carbons (Fsp3) is 0.346. The standard InChI is InChI=1S/C17H16BF3.C9H16N2O/c19-17(20,21)13-7-8-14-18(15-9-3-1-4-10-15)16-11-5-2-6-12-16;1-9(2)12-7-3-5-11-6-4-10-8-11/h1-7,9-13H,8,14H2;4,6,8-9H,3,5,7H2,1-2H3. The molecule has 3 nitrogen and oxygen atoms in total. The van der Waals surface area contributed by atoms with Gasteiger partial charge in [0.2, 0.25) is 6.71 Å². The van der Waals surface area contributed by atoms with Crippen LogP contribution in [0.5, 0.6) is 0 Å². The zero-order valence-corrected chi connectivity index (χ0v) is 19.3. The van der Waals surface area contributed by atoms with Gasteiger partial charge in [0.25, 0.3) is 0 Å². The Morgan fingerprint density at radius 2 is 1.61 bits per heavy atom. The Hall–Kier alpha value is -2.80. The molecule has 3 aromatic rings. The Kier molecular flexibility index (Phi) is 11.5. The number of nitrogens with zero attached hydrogens (tertiary/aromatic N) is 2. The summed E-state index contributed by atoms with van der Waals surface area (Å²) in [6.07, 6.45) is 5.33. The van der Waals surface area contributed by atoms with E-state index in [-0.39, 0.29) is 6.71 Å². The van der Waals surface area contributed by atoms with Crippen LogP contribution in [0.4, 0.5) is 13.2 Å². The molecule has 3 rings (SSSR count). The van der Waals surface area contributed by atoms with Gasteiger partial charge in [0.1, 0.15) is 0 Å². The first-order valence-corrected chi connectivity index (χ1v) is 11.3. The Balaban J connectivity index is 0.000000273. The molecule has 1 aromatic heterocycles. The summed E-state index contributed by atoms with van der Waals surface area (Å²) in [5, 5.41) is 0. The third-order valence-corrected chi connectivity index (χ3v) is 4.90. The summed E-state index contributed by atoms with van der Waals surface area (Å²) < 4.78 is 43.9. The number of halogens is 3. The van der Waals surface area contributed by atoms with Crippen LogP contribution in [0.2, 0.25) is 6.32 Å². The summed E-state index contributed by atoms with van der Waals surface area (Å²) in [5.41, 5.74) is 2.26. The molecule has 0 spiro atoms. The molecule has 0 saturated carbocycles. The van der Waals surface area contributed by atoms with E-state index in [0.29, 0.717) is 24.9 Å². The van der Waals surface area contributed by atoms with Crippen LogP contribution in [0, 0.1) is 0 Å². The average Bonchev–Trinajstić information content (AvgIpc) is 3.31. The van der Waals surface area contributed by atoms with Gasteiger partial charge in [0.15, 0.2) is 0 Å². The van der Waals surface area contributed by atoms with E-state index < -0.39 is 6.18 Å². The molecule has 0 radical (unpaired) electrons. The minimum Gasteiger partial charge on any atom is -0.379 e. The highest BCUT2D eigenvalue weighted by Gasteiger charge is 2.22. The first-order chi connectivity index (χ1) is 15.8. The maximum Gasteiger partial charge on any atom is 0.409 e. The first-order valence-electron chi connectivity index (χ1n) is 11.3. The molecular formula is C26H32BF3N2O. The van der Waals surface area contributed by atoms with Gasteiger partial charge in [-0.2, -0.15) is 13.2 Å². The van der Waals surface area contributed by atoms with Gasteiger partial charge in [0.05, 0.1) is 12.4 Å². The van der Waals surface area contributed by atoms with E-state index in [2.05, 4.69) is 23.4 Å². The monoisotopic (exact) mass is 456 g/mol. The SMILES string of the molecule is CC(C)OCCCn1ccnc1.FC(F)(F)C=CCCB(c1ccccc1)c1ccccc1. The summed E-state index contributed by atoms with van der Waals surface area (Å²) in [6.45, 7) is 6.04. The molecule has 0 saturated heterocycles. The van der Waals surface area contributed by atoms with Gasteiger partial charge in [-0.1, -0.05) is 84.0 Å². The molecule has 0 aliphatic carbocycles. The highest BCUT2D eigenvalue weighted by molar-refractivity contribution is 6.85. The number of imidazole rings is 1. The van der Waals surface area contributed by atoms with E-state index in [1.807, 2.05) is 73.2 Å². The van der Waals surface area contributed by atoms with E-state index in [1.165, 1.54) is 6.08 Å². The van der Waals surface area contributed by atoms with Crippen LogP contribution in [-0.4, -0.2) is 35.2 Å². The highest BCUT2D eigenvalue weighted by Crippen LogP contribution is 2.16. The van der Waals surface area contributed by atoms with Crippen LogP contribution in [-0.2, 0) is 11.3 Å². The second-order valence-electron chi connectivity index (χ2n) is 7.97. The van der Waals surface area contributed by atoms with Crippen molar-refractivity contribution in [3.8, 4) is 0 Å². The number of allylic oxidation sites excluding steroid dienone is 2. The maximum atomic E-state index is 12.1. The second kappa shape index (κ2) is 14.4. The molecule has 0 atom stereocenters. The van der Waals surface area contributed by atoms with Crippen LogP contribution < -0.4 is 10.9 Å². The van der Waals surface area contributed by atoms with E-state index in [4.69, 9.17) is 4.74 Å². The number of benzene rings is 2. The van der Waals surface area contributed by atoms with Gasteiger partial charge in [-0.3, -0.25) is 0 Å². The average molecular weight is 456 g/mol. The topological polar surface area (TPSA) is 27.1 Å². The van der Waals surface area contributed by atoms with Gasteiger partial charge in [-0.05, 0) is 26.7 Å². The van der Waals surface area contributed by atoms with Crippen molar-refractivity contribution in [1.82, 2.24) is 9.55 Å². The summed E-state index contributed by atoms with van der Waals surface area (Å²) in [5.74, 6) is 0. The molecule has 0 unspecified atom stereocenters. The smallest absolute Gasteiger partial charge is 0.379 e. The number of ether oxygens (including phenoxy) is 1. The quantitative estimate of drug-likeness (QED) is 0.229. The molecule has 0 amide bonds. The van der Waals surface area contributed by atoms with Crippen molar-refractivity contribution in [3.63, 3.8) is 0 Å². The fourth-order valence-electron chi connectivity index (χ4n) is 3.36. The lowest BCUT2D eigenvalue weighted by atomic mass is 9.38. The lowest BCUT2D eigenvalue weighted by molar-refractivity contribution is -0.0800. The van der Waals surface area contributed by atoms with Gasteiger partial charge < -0.3 is 9.30 Å². The summed E-state index contributed by atoms with van der Waals surface area (Å²) in [4.78, 5) is 3.96. The summed E-state index contributed by atoms with van der Waals surface area (Å²) in [6, 6.07) is 19.8. The molecular weight excluding hydrogens is 424 g/mol. The van der Waals surface area contributed by atoms with E-state index in [0.717, 1.165) is 30.5 Å². The van der Waals surface area contributed by atoms with Crippen molar-refractivity contribution < 1.29 is 17.9 Å². The van der Waals surface area contributed by atoms with Crippen molar-refractivity contribution in [2.75, 3.05) is 6.61 Å². The molecule has 7 heteroatoms. The van der Waals surface area contributed by atoms with Gasteiger partial charge in [0, 0.05) is 31.6 Å². The third-order valence-electron chi connectivity index (χ3n) is 4.90. The van der Waals surface area contributed by atoms with Crippen molar-refractivity contribution in [2.24, 2.45) is 0 Å². The van der Waals surface area contributed by atoms with Crippen molar-refractivity contribution in [2.45, 2.75) is 51.8 Å². The molecule has 0 aliphatic heterocycles. The molecule has 1 heterocycles. The molecule has 2 aromatic carbocycles. The van der Waals surface area contributed by atoms with Crippen LogP contribution in [0.15, 0.2) is 91.5 Å². The maximum absolute atomic E-state index is 12.1. The van der Waals surface area contributed by atoms with Crippen LogP contribution in [0.3, 0.4) is 0 Å². The van der Waals surface area contributed by atoms with Crippen molar-refractivity contribution in [3.05, 3.63) is 91.5 Å². The molecule has 33 heavy (non-hydrogen) atoms. The predicted octanol–water partition coefficient (Wildman–Crippen LogP) is 5.50. The van der Waals surface area contributed by atoms with Crippen molar-refractivity contribution >= 4 is 17.6 Å². The number of alkyl halides is 3. The largest absolute Gasteiger partial charge is 0.409 e. The van der Waals surface area contributed by atoms with Gasteiger partial charge in [-0.25, -0.2) is 4.98 Å². The van der Waals surface area contributed by atoms with Crippen molar-refractivity contribution in [1.29, 1.82) is 0 Å². The molecule has 176 valence electrons. The second-order valence-corrected chi connectivity index (χ2v) is 7.97. The number of rotatable bonds is 10. The van der Waals surface area contributed by atoms with Gasteiger partial charge in [-0.15, -0.1) is 0 Å². The molecule has 0 N–H and O–H groups in total. The minimum atomic E-state index is -4.23. The first kappa shape index (κ1) is 26.5. The van der Waals surface area contributed by atoms with E-state index in [9.17, 15) is 13.2 Å². The molecule has 0 aliphatic rings. The lowest BCUT2D eigenvalue weighted by Gasteiger charge is -2.13. The van der Waals surface area contributed by atoms with Gasteiger partial charge >= 0.3 is 6.18 Å². The Bertz CT molecular complexity index is 859. The minimum absolute atomic E-state index is 0.116. The third kappa shape index (κ3) is 11.6. The fourth-order valence-corrected chi connectivity index (χ4v) is 3.36. The zero-order chi connectivity index (χ0) is 23.9. The normalized spacial score (nSPS) is 11.5. The van der Waals surface area contributed by atoms with E-state index >= 15 is 0 Å². The van der Waals surface area contributed by atoms with Crippen LogP contribution >= 0.6 is 0 Å². The zero-order valence-electron chi connectivity index (χ0n) is 19.3. The Morgan fingerprint density at radius 1 is 1.00 bits per heavy atom. The Labute approximate surface area is 195 Å².